The molecule has 11 heteroatoms. The van der Waals surface area contributed by atoms with Crippen molar-refractivity contribution >= 4 is 17.7 Å². The average molecular weight is 454 g/mol. The maximum absolute atomic E-state index is 15.6. The van der Waals surface area contributed by atoms with E-state index in [1.807, 2.05) is 0 Å². The minimum absolute atomic E-state index is 0.0208. The number of nitrogens with two attached hydrogens (primary N) is 1. The molecule has 32 heavy (non-hydrogen) atoms. The summed E-state index contributed by atoms with van der Waals surface area (Å²) in [5.74, 6) is -2.44. The molecular formula is C21H19F5N4O2. The number of nitrogens with one attached hydrogen (secondary N) is 1. The first-order valence-electron chi connectivity index (χ1n) is 9.55. The fourth-order valence-corrected chi connectivity index (χ4v) is 3.41. The van der Waals surface area contributed by atoms with Crippen LogP contribution in [0.3, 0.4) is 0 Å². The van der Waals surface area contributed by atoms with Gasteiger partial charge in [-0.1, -0.05) is 18.5 Å². The highest BCUT2D eigenvalue weighted by Gasteiger charge is 2.39. The minimum Gasteiger partial charge on any atom is -0.396 e. The Balaban J connectivity index is 2.31. The first-order chi connectivity index (χ1) is 15.1. The number of aryl methyl sites for hydroxylation is 1. The van der Waals surface area contributed by atoms with Gasteiger partial charge in [-0.3, -0.25) is 4.79 Å². The fourth-order valence-electron chi connectivity index (χ4n) is 3.41. The van der Waals surface area contributed by atoms with E-state index >= 15 is 4.39 Å². The van der Waals surface area contributed by atoms with Crippen molar-refractivity contribution in [3.05, 3.63) is 58.1 Å². The summed E-state index contributed by atoms with van der Waals surface area (Å²) in [4.78, 5) is 15.8. The fraction of sp³-hybridized carbons (Fsp3) is 0.286. The number of alkyl halides is 3. The predicted molar refractivity (Wildman–Crippen MR) is 107 cm³/mol. The molecule has 0 aliphatic rings. The molecule has 3 aromatic rings. The lowest BCUT2D eigenvalue weighted by Crippen LogP contribution is -2.16. The molecule has 0 unspecified atom stereocenters. The average Bonchev–Trinajstić information content (AvgIpc) is 3.24. The number of pyridine rings is 1. The third kappa shape index (κ3) is 4.27. The Hall–Kier alpha value is -3.50. The summed E-state index contributed by atoms with van der Waals surface area (Å²) >= 11 is 0. The number of halogens is 5. The molecule has 0 saturated carbocycles. The number of carbonyl (C=O) groups is 1. The van der Waals surface area contributed by atoms with E-state index in [1.54, 1.807) is 6.92 Å². The van der Waals surface area contributed by atoms with Gasteiger partial charge in [0.15, 0.2) is 12.1 Å². The maximum Gasteiger partial charge on any atom is 0.417 e. The Morgan fingerprint density at radius 2 is 1.97 bits per heavy atom. The molecule has 3 rings (SSSR count). The Bertz CT molecular complexity index is 1140. The summed E-state index contributed by atoms with van der Waals surface area (Å²) in [6.07, 6.45) is -1.30. The molecule has 2 heterocycles. The van der Waals surface area contributed by atoms with Gasteiger partial charge in [-0.15, -0.1) is 0 Å². The SMILES string of the molecule is CCCc1nc(-c2cc(N)c(F)c(C)c2C(F)(F)F)c(F)c(NCc2cnoc2)c1C=O. The number of nitrogens with zero attached hydrogens (tertiary/aromatic N) is 2. The second-order valence-corrected chi connectivity index (χ2v) is 7.09. The third-order valence-electron chi connectivity index (χ3n) is 4.88. The van der Waals surface area contributed by atoms with Crippen LogP contribution in [0.1, 0.15) is 46.1 Å². The molecule has 1 aromatic carbocycles. The van der Waals surface area contributed by atoms with Gasteiger partial charge in [0, 0.05) is 17.7 Å². The summed E-state index contributed by atoms with van der Waals surface area (Å²) in [6.45, 7) is 2.66. The Morgan fingerprint density at radius 3 is 2.53 bits per heavy atom. The van der Waals surface area contributed by atoms with Crippen molar-refractivity contribution in [1.29, 1.82) is 0 Å². The van der Waals surface area contributed by atoms with Gasteiger partial charge >= 0.3 is 6.18 Å². The van der Waals surface area contributed by atoms with Crippen molar-refractivity contribution in [2.24, 2.45) is 0 Å². The van der Waals surface area contributed by atoms with Crippen LogP contribution in [-0.4, -0.2) is 16.4 Å². The summed E-state index contributed by atoms with van der Waals surface area (Å²) in [6, 6.07) is 0.705. The van der Waals surface area contributed by atoms with E-state index in [-0.39, 0.29) is 29.9 Å². The number of aromatic nitrogens is 2. The lowest BCUT2D eigenvalue weighted by molar-refractivity contribution is -0.137. The second-order valence-electron chi connectivity index (χ2n) is 7.09. The molecule has 170 valence electrons. The summed E-state index contributed by atoms with van der Waals surface area (Å²) in [5.41, 5.74) is 1.57. The molecule has 0 aliphatic heterocycles. The van der Waals surface area contributed by atoms with Crippen LogP contribution in [0.2, 0.25) is 0 Å². The second kappa shape index (κ2) is 8.93. The van der Waals surface area contributed by atoms with Crippen LogP contribution in [0.5, 0.6) is 0 Å². The normalized spacial score (nSPS) is 11.6. The summed E-state index contributed by atoms with van der Waals surface area (Å²) in [5, 5.41) is 6.22. The molecule has 0 spiro atoms. The number of carbonyl (C=O) groups excluding carboxylic acids is 1. The molecule has 0 aliphatic carbocycles. The Morgan fingerprint density at radius 1 is 1.25 bits per heavy atom. The van der Waals surface area contributed by atoms with Crippen LogP contribution in [0, 0.1) is 18.6 Å². The van der Waals surface area contributed by atoms with E-state index in [0.29, 0.717) is 24.3 Å². The molecule has 2 aromatic heterocycles. The van der Waals surface area contributed by atoms with Crippen molar-refractivity contribution in [2.75, 3.05) is 11.1 Å². The topological polar surface area (TPSA) is 94.0 Å². The number of nitrogen functional groups attached to an aromatic ring is 1. The predicted octanol–water partition coefficient (Wildman–Crippen LogP) is 5.30. The van der Waals surface area contributed by atoms with E-state index in [0.717, 1.165) is 6.92 Å². The van der Waals surface area contributed by atoms with Gasteiger partial charge in [0.25, 0.3) is 0 Å². The lowest BCUT2D eigenvalue weighted by atomic mass is 9.95. The molecule has 0 bridgehead atoms. The first-order valence-corrected chi connectivity index (χ1v) is 9.55. The highest BCUT2D eigenvalue weighted by Crippen LogP contribution is 2.43. The molecule has 0 saturated heterocycles. The zero-order valence-electron chi connectivity index (χ0n) is 17.1. The number of hydrogen-bond donors (Lipinski definition) is 2. The van der Waals surface area contributed by atoms with Crippen LogP contribution < -0.4 is 11.1 Å². The van der Waals surface area contributed by atoms with Crippen molar-refractivity contribution in [3.63, 3.8) is 0 Å². The van der Waals surface area contributed by atoms with Crippen LogP contribution in [0.25, 0.3) is 11.3 Å². The molecular weight excluding hydrogens is 435 g/mol. The molecule has 3 N–H and O–H groups in total. The van der Waals surface area contributed by atoms with Gasteiger partial charge in [-0.05, 0) is 25.0 Å². The van der Waals surface area contributed by atoms with E-state index in [9.17, 15) is 22.4 Å². The van der Waals surface area contributed by atoms with Gasteiger partial charge < -0.3 is 15.6 Å². The van der Waals surface area contributed by atoms with Crippen molar-refractivity contribution in [2.45, 2.75) is 39.4 Å². The zero-order valence-corrected chi connectivity index (χ0v) is 17.1. The summed E-state index contributed by atoms with van der Waals surface area (Å²) in [7, 11) is 0. The Labute approximate surface area is 179 Å². The largest absolute Gasteiger partial charge is 0.417 e. The quantitative estimate of drug-likeness (QED) is 0.286. The highest BCUT2D eigenvalue weighted by molar-refractivity contribution is 5.88. The van der Waals surface area contributed by atoms with E-state index < -0.39 is 45.9 Å². The van der Waals surface area contributed by atoms with E-state index in [4.69, 9.17) is 10.3 Å². The van der Waals surface area contributed by atoms with Crippen LogP contribution in [0.4, 0.5) is 33.3 Å². The number of rotatable bonds is 7. The monoisotopic (exact) mass is 454 g/mol. The van der Waals surface area contributed by atoms with Crippen molar-refractivity contribution in [3.8, 4) is 11.3 Å². The number of aldehydes is 1. The third-order valence-corrected chi connectivity index (χ3v) is 4.88. The highest BCUT2D eigenvalue weighted by atomic mass is 19.4. The lowest BCUT2D eigenvalue weighted by Gasteiger charge is -2.20. The zero-order chi connectivity index (χ0) is 23.6. The van der Waals surface area contributed by atoms with Crippen molar-refractivity contribution < 1.29 is 31.3 Å². The van der Waals surface area contributed by atoms with Gasteiger partial charge in [-0.25, -0.2) is 13.8 Å². The van der Waals surface area contributed by atoms with E-state index in [2.05, 4.69) is 15.5 Å². The smallest absolute Gasteiger partial charge is 0.396 e. The first kappa shape index (κ1) is 23.2. The van der Waals surface area contributed by atoms with Crippen LogP contribution in [0.15, 0.2) is 23.0 Å². The van der Waals surface area contributed by atoms with Gasteiger partial charge in [0.05, 0.1) is 34.4 Å². The van der Waals surface area contributed by atoms with Gasteiger partial charge in [0.2, 0.25) is 0 Å². The molecule has 6 nitrogen and oxygen atoms in total. The maximum atomic E-state index is 15.6. The van der Waals surface area contributed by atoms with E-state index in [1.165, 1.54) is 12.5 Å². The van der Waals surface area contributed by atoms with Crippen LogP contribution in [-0.2, 0) is 19.1 Å². The Kier molecular flexibility index (Phi) is 6.47. The van der Waals surface area contributed by atoms with Gasteiger partial charge in [0.1, 0.15) is 17.8 Å². The van der Waals surface area contributed by atoms with Gasteiger partial charge in [-0.2, -0.15) is 13.2 Å². The number of hydrogen-bond acceptors (Lipinski definition) is 6. The standard InChI is InChI=1S/C21H19F5N4O2/c1-3-4-15-13(8-31)19(28-6-11-7-29-32-9-11)18(23)20(30-15)12-5-14(27)17(22)10(2)16(12)21(24,25)26/h5,7-9H,3-4,6,27H2,1-2H3,(H,28,30). The molecule has 0 radical (unpaired) electrons. The number of benzene rings is 1. The summed E-state index contributed by atoms with van der Waals surface area (Å²) < 4.78 is 75.9. The molecule has 0 fully saturated rings. The van der Waals surface area contributed by atoms with Crippen molar-refractivity contribution in [1.82, 2.24) is 10.1 Å². The minimum atomic E-state index is -5.01. The van der Waals surface area contributed by atoms with Crippen LogP contribution >= 0.6 is 0 Å². The molecule has 0 amide bonds. The molecule has 0 atom stereocenters. The number of anilines is 2.